The van der Waals surface area contributed by atoms with Gasteiger partial charge in [0.15, 0.2) is 5.82 Å². The molecule has 0 fully saturated rings. The molecule has 0 aliphatic carbocycles. The summed E-state index contributed by atoms with van der Waals surface area (Å²) < 4.78 is 67.4. The van der Waals surface area contributed by atoms with E-state index >= 15 is 4.39 Å². The molecule has 3 amide bonds. The monoisotopic (exact) mass is 623 g/mol. The van der Waals surface area contributed by atoms with Crippen LogP contribution < -0.4 is 15.1 Å². The van der Waals surface area contributed by atoms with Crippen molar-refractivity contribution in [3.05, 3.63) is 52.8 Å². The van der Waals surface area contributed by atoms with Crippen LogP contribution in [-0.4, -0.2) is 35.8 Å². The highest BCUT2D eigenvalue weighted by Crippen LogP contribution is 2.40. The Hall–Kier alpha value is -3.83. The van der Waals surface area contributed by atoms with Crippen molar-refractivity contribution in [1.29, 1.82) is 0 Å². The van der Waals surface area contributed by atoms with E-state index in [1.54, 1.807) is 46.4 Å². The van der Waals surface area contributed by atoms with Gasteiger partial charge in [0.2, 0.25) is 5.91 Å². The summed E-state index contributed by atoms with van der Waals surface area (Å²) in [6, 6.07) is 6.19. The molecule has 8 nitrogen and oxygen atoms in total. The Morgan fingerprint density at radius 2 is 1.43 bits per heavy atom. The van der Waals surface area contributed by atoms with E-state index in [1.165, 1.54) is 18.2 Å². The van der Waals surface area contributed by atoms with Crippen LogP contribution in [0.5, 0.6) is 0 Å². The maximum absolute atomic E-state index is 16.7. The molecule has 1 aliphatic rings. The number of carbonyl (C=O) groups is 3. The first-order valence-corrected chi connectivity index (χ1v) is 14.3. The van der Waals surface area contributed by atoms with Gasteiger partial charge < -0.3 is 19.7 Å². The molecule has 12 heteroatoms. The second-order valence-electron chi connectivity index (χ2n) is 14.0. The number of anilines is 3. The lowest BCUT2D eigenvalue weighted by molar-refractivity contribution is -0.137. The highest BCUT2D eigenvalue weighted by atomic mass is 19.4. The summed E-state index contributed by atoms with van der Waals surface area (Å²) in [4.78, 5) is 42.0. The normalized spacial score (nSPS) is 14.1. The predicted octanol–water partition coefficient (Wildman–Crippen LogP) is 8.46. The Labute approximate surface area is 255 Å². The van der Waals surface area contributed by atoms with E-state index in [0.29, 0.717) is 16.0 Å². The van der Waals surface area contributed by atoms with Crippen molar-refractivity contribution in [2.45, 2.75) is 99.1 Å². The minimum atomic E-state index is -4.49. The summed E-state index contributed by atoms with van der Waals surface area (Å²) in [6.45, 7) is 15.2. The van der Waals surface area contributed by atoms with Crippen LogP contribution in [0.3, 0.4) is 0 Å². The van der Waals surface area contributed by atoms with Crippen molar-refractivity contribution in [1.82, 2.24) is 0 Å². The lowest BCUT2D eigenvalue weighted by Crippen LogP contribution is -2.45. The number of hydrogen-bond donors (Lipinski definition) is 1. The van der Waals surface area contributed by atoms with E-state index in [9.17, 15) is 27.6 Å². The molecule has 0 aromatic heterocycles. The zero-order valence-electron chi connectivity index (χ0n) is 26.7. The fourth-order valence-corrected chi connectivity index (χ4v) is 4.60. The second-order valence-corrected chi connectivity index (χ2v) is 14.0. The quantitative estimate of drug-likeness (QED) is 0.344. The van der Waals surface area contributed by atoms with Gasteiger partial charge in [-0.15, -0.1) is 0 Å². The molecule has 0 saturated carbocycles. The number of benzene rings is 2. The number of ether oxygens (including phenoxy) is 2. The molecule has 0 spiro atoms. The summed E-state index contributed by atoms with van der Waals surface area (Å²) in [7, 11) is 0. The number of nitrogens with one attached hydrogen (secondary N) is 1. The van der Waals surface area contributed by atoms with Crippen molar-refractivity contribution in [2.75, 3.05) is 21.7 Å². The van der Waals surface area contributed by atoms with E-state index in [-0.39, 0.29) is 37.3 Å². The smallest absolute Gasteiger partial charge is 0.424 e. The van der Waals surface area contributed by atoms with Crippen molar-refractivity contribution >= 4 is 35.2 Å². The number of halogens is 4. The molecule has 2 aromatic carbocycles. The average molecular weight is 624 g/mol. The Balaban J connectivity index is 2.16. The SMILES string of the molecule is CC(C)(C)CC(=O)Nc1ccc(N2CCc3cc(C(F)(F)F)ccc3C2)c(F)c1N(C(=O)OC(C)(C)C)C(=O)OC(C)(C)C. The van der Waals surface area contributed by atoms with E-state index in [2.05, 4.69) is 5.32 Å². The van der Waals surface area contributed by atoms with Crippen LogP contribution in [0.2, 0.25) is 0 Å². The Morgan fingerprint density at radius 3 is 1.93 bits per heavy atom. The topological polar surface area (TPSA) is 88.2 Å². The molecule has 3 rings (SSSR count). The zero-order chi connectivity index (χ0) is 33.4. The second kappa shape index (κ2) is 12.3. The fourth-order valence-electron chi connectivity index (χ4n) is 4.60. The first-order valence-electron chi connectivity index (χ1n) is 14.3. The maximum atomic E-state index is 16.7. The highest BCUT2D eigenvalue weighted by molar-refractivity contribution is 6.13. The van der Waals surface area contributed by atoms with Crippen molar-refractivity contribution < 1.29 is 41.4 Å². The van der Waals surface area contributed by atoms with Crippen LogP contribution in [-0.2, 0) is 33.4 Å². The van der Waals surface area contributed by atoms with Crippen LogP contribution in [0, 0.1) is 11.2 Å². The van der Waals surface area contributed by atoms with Gasteiger partial charge in [0.05, 0.1) is 16.9 Å². The summed E-state index contributed by atoms with van der Waals surface area (Å²) >= 11 is 0. The van der Waals surface area contributed by atoms with Gasteiger partial charge in [0, 0.05) is 19.5 Å². The fraction of sp³-hybridized carbons (Fsp3) is 0.531. The van der Waals surface area contributed by atoms with Crippen LogP contribution in [0.25, 0.3) is 0 Å². The van der Waals surface area contributed by atoms with Crippen molar-refractivity contribution in [3.8, 4) is 0 Å². The average Bonchev–Trinajstić information content (AvgIpc) is 2.81. The van der Waals surface area contributed by atoms with E-state index in [0.717, 1.165) is 12.1 Å². The third-order valence-corrected chi connectivity index (χ3v) is 6.32. The molecule has 1 N–H and O–H groups in total. The van der Waals surface area contributed by atoms with Gasteiger partial charge in [-0.1, -0.05) is 26.8 Å². The summed E-state index contributed by atoms with van der Waals surface area (Å²) in [5.74, 6) is -1.50. The molecule has 242 valence electrons. The number of amides is 3. The standard InChI is InChI=1S/C32H41F4N3O5/c1-29(2,3)17-24(40)37-22-12-13-23(38-15-14-19-16-21(32(34,35)36)11-10-20(19)18-38)25(33)26(22)39(27(41)43-30(4,5)6)28(42)44-31(7,8)9/h10-13,16H,14-15,17-18H2,1-9H3,(H,37,40). The summed E-state index contributed by atoms with van der Waals surface area (Å²) in [5.41, 5.74) is -3.05. The molecule has 0 unspecified atom stereocenters. The third-order valence-electron chi connectivity index (χ3n) is 6.32. The van der Waals surface area contributed by atoms with Crippen molar-refractivity contribution in [2.24, 2.45) is 5.41 Å². The largest absolute Gasteiger partial charge is 0.443 e. The highest BCUT2D eigenvalue weighted by Gasteiger charge is 2.38. The van der Waals surface area contributed by atoms with E-state index in [4.69, 9.17) is 9.47 Å². The third kappa shape index (κ3) is 9.09. The van der Waals surface area contributed by atoms with Crippen LogP contribution in [0.15, 0.2) is 30.3 Å². The van der Waals surface area contributed by atoms with Gasteiger partial charge in [-0.25, -0.2) is 14.0 Å². The van der Waals surface area contributed by atoms with Crippen LogP contribution in [0.4, 0.5) is 44.2 Å². The van der Waals surface area contributed by atoms with Gasteiger partial charge in [-0.3, -0.25) is 4.79 Å². The molecule has 0 bridgehead atoms. The molecule has 0 saturated heterocycles. The molecule has 0 radical (unpaired) electrons. The van der Waals surface area contributed by atoms with Crippen molar-refractivity contribution in [3.63, 3.8) is 0 Å². The zero-order valence-corrected chi connectivity index (χ0v) is 26.7. The molecule has 1 aliphatic heterocycles. The van der Waals surface area contributed by atoms with Crippen LogP contribution in [0.1, 0.15) is 85.4 Å². The number of carbonyl (C=O) groups excluding carboxylic acids is 3. The number of imide groups is 1. The predicted molar refractivity (Wildman–Crippen MR) is 160 cm³/mol. The first-order chi connectivity index (χ1) is 19.9. The molecular formula is C32H41F4N3O5. The number of nitrogens with zero attached hydrogens (tertiary/aromatic N) is 2. The lowest BCUT2D eigenvalue weighted by Gasteiger charge is -2.34. The Bertz CT molecular complexity index is 1390. The van der Waals surface area contributed by atoms with Gasteiger partial charge in [0.1, 0.15) is 16.9 Å². The Kier molecular flexibility index (Phi) is 9.67. The minimum Gasteiger partial charge on any atom is -0.443 e. The maximum Gasteiger partial charge on any atom is 0.424 e. The number of alkyl halides is 3. The summed E-state index contributed by atoms with van der Waals surface area (Å²) in [6.07, 6.45) is -6.69. The number of fused-ring (bicyclic) bond motifs is 1. The van der Waals surface area contributed by atoms with Crippen LogP contribution >= 0.6 is 0 Å². The van der Waals surface area contributed by atoms with Gasteiger partial charge >= 0.3 is 18.4 Å². The van der Waals surface area contributed by atoms with E-state index in [1.807, 2.05) is 20.8 Å². The molecule has 0 atom stereocenters. The molecular weight excluding hydrogens is 582 g/mol. The molecule has 2 aromatic rings. The minimum absolute atomic E-state index is 0.0310. The first kappa shape index (κ1) is 34.7. The number of rotatable bonds is 4. The molecule has 1 heterocycles. The summed E-state index contributed by atoms with van der Waals surface area (Å²) in [5, 5.41) is 2.63. The van der Waals surface area contributed by atoms with E-state index < -0.39 is 58.0 Å². The van der Waals surface area contributed by atoms with Gasteiger partial charge in [-0.2, -0.15) is 18.1 Å². The number of hydrogen-bond acceptors (Lipinski definition) is 6. The van der Waals surface area contributed by atoms with Gasteiger partial charge in [0.25, 0.3) is 0 Å². The van der Waals surface area contributed by atoms with Gasteiger partial charge in [-0.05, 0) is 88.8 Å². The Morgan fingerprint density at radius 1 is 0.864 bits per heavy atom. The molecule has 44 heavy (non-hydrogen) atoms. The lowest BCUT2D eigenvalue weighted by atomic mass is 9.92.